The highest BCUT2D eigenvalue weighted by Crippen LogP contribution is 2.20. The molecule has 0 aliphatic rings. The molecule has 1 aromatic carbocycles. The average Bonchev–Trinajstić information content (AvgIpc) is 2.67. The van der Waals surface area contributed by atoms with Crippen molar-refractivity contribution in [3.05, 3.63) is 77.4 Å². The zero-order valence-electron chi connectivity index (χ0n) is 15.2. The standard InChI is InChI=1S/C21H22N4O/c1-14(23-12-17-5-4-6-19(11-17)16(3)26)20-13-24-21(25-15(20)2)18-7-9-22-10-8-18/h4-11,13-14,23H,12H2,1-3H3. The summed E-state index contributed by atoms with van der Waals surface area (Å²) < 4.78 is 0. The molecule has 1 N–H and O–H groups in total. The van der Waals surface area contributed by atoms with Crippen LogP contribution in [0.4, 0.5) is 0 Å². The fraction of sp³-hybridized carbons (Fsp3) is 0.238. The first kappa shape index (κ1) is 17.9. The van der Waals surface area contributed by atoms with Crippen molar-refractivity contribution in [2.75, 3.05) is 0 Å². The van der Waals surface area contributed by atoms with Crippen LogP contribution in [-0.4, -0.2) is 20.7 Å². The molecule has 0 bridgehead atoms. The van der Waals surface area contributed by atoms with Crippen LogP contribution in [0.2, 0.25) is 0 Å². The molecule has 5 nitrogen and oxygen atoms in total. The van der Waals surface area contributed by atoms with Crippen molar-refractivity contribution in [1.82, 2.24) is 20.3 Å². The highest BCUT2D eigenvalue weighted by atomic mass is 16.1. The van der Waals surface area contributed by atoms with Gasteiger partial charge in [-0.05, 0) is 44.5 Å². The average molecular weight is 346 g/mol. The SMILES string of the molecule is CC(=O)c1cccc(CNC(C)c2cnc(-c3ccncc3)nc2C)c1. The minimum Gasteiger partial charge on any atom is -0.306 e. The number of rotatable bonds is 6. The minimum atomic E-state index is 0.0795. The molecule has 0 radical (unpaired) electrons. The molecule has 0 amide bonds. The Morgan fingerprint density at radius 1 is 1.19 bits per heavy atom. The van der Waals surface area contributed by atoms with E-state index in [-0.39, 0.29) is 11.8 Å². The molecule has 0 fully saturated rings. The lowest BCUT2D eigenvalue weighted by Crippen LogP contribution is -2.20. The second-order valence-electron chi connectivity index (χ2n) is 6.33. The maximum Gasteiger partial charge on any atom is 0.159 e. The van der Waals surface area contributed by atoms with Crippen LogP contribution < -0.4 is 5.32 Å². The molecule has 0 aliphatic heterocycles. The molecule has 0 saturated carbocycles. The first-order valence-corrected chi connectivity index (χ1v) is 8.62. The number of Topliss-reactive ketones (excluding diaryl/α,β-unsaturated/α-hetero) is 1. The minimum absolute atomic E-state index is 0.0795. The molecule has 5 heteroatoms. The van der Waals surface area contributed by atoms with Gasteiger partial charge in [-0.25, -0.2) is 9.97 Å². The largest absolute Gasteiger partial charge is 0.306 e. The van der Waals surface area contributed by atoms with Crippen LogP contribution in [0, 0.1) is 6.92 Å². The lowest BCUT2D eigenvalue weighted by molar-refractivity contribution is 0.101. The predicted molar refractivity (Wildman–Crippen MR) is 102 cm³/mol. The summed E-state index contributed by atoms with van der Waals surface area (Å²) in [6.45, 7) is 6.34. The van der Waals surface area contributed by atoms with Crippen molar-refractivity contribution >= 4 is 5.78 Å². The van der Waals surface area contributed by atoms with Gasteiger partial charge in [-0.3, -0.25) is 9.78 Å². The number of aryl methyl sites for hydroxylation is 1. The van der Waals surface area contributed by atoms with Gasteiger partial charge in [0.1, 0.15) is 0 Å². The Labute approximate surface area is 153 Å². The quantitative estimate of drug-likeness (QED) is 0.686. The number of pyridine rings is 1. The Morgan fingerprint density at radius 2 is 1.96 bits per heavy atom. The van der Waals surface area contributed by atoms with E-state index >= 15 is 0 Å². The number of nitrogens with zero attached hydrogens (tertiary/aromatic N) is 3. The first-order chi connectivity index (χ1) is 12.5. The van der Waals surface area contributed by atoms with Crippen LogP contribution >= 0.6 is 0 Å². The lowest BCUT2D eigenvalue weighted by atomic mass is 10.1. The van der Waals surface area contributed by atoms with Crippen molar-refractivity contribution in [3.63, 3.8) is 0 Å². The van der Waals surface area contributed by atoms with Gasteiger partial charge < -0.3 is 5.32 Å². The van der Waals surface area contributed by atoms with E-state index in [0.29, 0.717) is 12.4 Å². The summed E-state index contributed by atoms with van der Waals surface area (Å²) in [7, 11) is 0. The summed E-state index contributed by atoms with van der Waals surface area (Å²) in [4.78, 5) is 24.7. The van der Waals surface area contributed by atoms with E-state index in [0.717, 1.165) is 27.9 Å². The van der Waals surface area contributed by atoms with Crippen LogP contribution in [0.1, 0.15) is 47.1 Å². The van der Waals surface area contributed by atoms with E-state index in [1.54, 1.807) is 19.3 Å². The van der Waals surface area contributed by atoms with Crippen LogP contribution in [-0.2, 0) is 6.54 Å². The molecule has 0 spiro atoms. The van der Waals surface area contributed by atoms with Gasteiger partial charge in [0.05, 0.1) is 0 Å². The molecule has 1 unspecified atom stereocenters. The maximum atomic E-state index is 11.5. The van der Waals surface area contributed by atoms with E-state index in [2.05, 4.69) is 27.2 Å². The lowest BCUT2D eigenvalue weighted by Gasteiger charge is -2.16. The fourth-order valence-electron chi connectivity index (χ4n) is 2.82. The smallest absolute Gasteiger partial charge is 0.159 e. The van der Waals surface area contributed by atoms with Crippen molar-refractivity contribution in [2.24, 2.45) is 0 Å². The maximum absolute atomic E-state index is 11.5. The van der Waals surface area contributed by atoms with E-state index in [4.69, 9.17) is 0 Å². The topological polar surface area (TPSA) is 67.8 Å². The molecule has 3 aromatic rings. The van der Waals surface area contributed by atoms with E-state index in [9.17, 15) is 4.79 Å². The molecule has 0 aliphatic carbocycles. The summed E-state index contributed by atoms with van der Waals surface area (Å²) in [5, 5.41) is 3.48. The molecule has 0 saturated heterocycles. The van der Waals surface area contributed by atoms with Crippen LogP contribution in [0.25, 0.3) is 11.4 Å². The fourth-order valence-corrected chi connectivity index (χ4v) is 2.82. The van der Waals surface area contributed by atoms with Gasteiger partial charge in [0, 0.05) is 53.6 Å². The van der Waals surface area contributed by atoms with Crippen LogP contribution in [0.15, 0.2) is 55.0 Å². The van der Waals surface area contributed by atoms with Gasteiger partial charge in [0.15, 0.2) is 11.6 Å². The predicted octanol–water partition coefficient (Wildman–Crippen LogP) is 3.90. The Morgan fingerprint density at radius 3 is 2.65 bits per heavy atom. The van der Waals surface area contributed by atoms with Crippen molar-refractivity contribution < 1.29 is 4.79 Å². The van der Waals surface area contributed by atoms with Gasteiger partial charge in [-0.1, -0.05) is 18.2 Å². The van der Waals surface area contributed by atoms with Crippen LogP contribution in [0.3, 0.4) is 0 Å². The van der Waals surface area contributed by atoms with Crippen molar-refractivity contribution in [1.29, 1.82) is 0 Å². The zero-order chi connectivity index (χ0) is 18.5. The summed E-state index contributed by atoms with van der Waals surface area (Å²) in [6.07, 6.45) is 5.35. The zero-order valence-corrected chi connectivity index (χ0v) is 15.2. The summed E-state index contributed by atoms with van der Waals surface area (Å²) >= 11 is 0. The highest BCUT2D eigenvalue weighted by molar-refractivity contribution is 5.94. The molecule has 132 valence electrons. The Kier molecular flexibility index (Phi) is 5.49. The van der Waals surface area contributed by atoms with Gasteiger partial charge in [-0.2, -0.15) is 0 Å². The number of ketones is 1. The van der Waals surface area contributed by atoms with Crippen molar-refractivity contribution in [2.45, 2.75) is 33.4 Å². The second kappa shape index (κ2) is 7.97. The Balaban J connectivity index is 1.71. The molecular weight excluding hydrogens is 324 g/mol. The number of carbonyl (C=O) groups excluding carboxylic acids is 1. The highest BCUT2D eigenvalue weighted by Gasteiger charge is 2.12. The monoisotopic (exact) mass is 346 g/mol. The number of nitrogens with one attached hydrogen (secondary N) is 1. The summed E-state index contributed by atoms with van der Waals surface area (Å²) in [5.41, 5.74) is 4.78. The summed E-state index contributed by atoms with van der Waals surface area (Å²) in [5.74, 6) is 0.783. The van der Waals surface area contributed by atoms with Crippen molar-refractivity contribution in [3.8, 4) is 11.4 Å². The third kappa shape index (κ3) is 4.18. The van der Waals surface area contributed by atoms with Gasteiger partial charge in [0.2, 0.25) is 0 Å². The number of benzene rings is 1. The van der Waals surface area contributed by atoms with Gasteiger partial charge >= 0.3 is 0 Å². The molecule has 2 heterocycles. The van der Waals surface area contributed by atoms with E-state index < -0.39 is 0 Å². The van der Waals surface area contributed by atoms with Crippen LogP contribution in [0.5, 0.6) is 0 Å². The summed E-state index contributed by atoms with van der Waals surface area (Å²) in [6, 6.07) is 11.6. The third-order valence-corrected chi connectivity index (χ3v) is 4.37. The number of aromatic nitrogens is 3. The second-order valence-corrected chi connectivity index (χ2v) is 6.33. The molecular formula is C21H22N4O. The normalized spacial score (nSPS) is 12.0. The molecule has 2 aromatic heterocycles. The Bertz CT molecular complexity index is 909. The van der Waals surface area contributed by atoms with Gasteiger partial charge in [0.25, 0.3) is 0 Å². The number of carbonyl (C=O) groups is 1. The van der Waals surface area contributed by atoms with E-state index in [1.165, 1.54) is 0 Å². The molecule has 1 atom stereocenters. The van der Waals surface area contributed by atoms with Gasteiger partial charge in [-0.15, -0.1) is 0 Å². The number of hydrogen-bond donors (Lipinski definition) is 1. The molecule has 3 rings (SSSR count). The number of hydrogen-bond acceptors (Lipinski definition) is 5. The first-order valence-electron chi connectivity index (χ1n) is 8.62. The third-order valence-electron chi connectivity index (χ3n) is 4.37. The Hall–Kier alpha value is -2.92. The van der Waals surface area contributed by atoms with E-state index in [1.807, 2.05) is 49.5 Å². The molecule has 26 heavy (non-hydrogen) atoms.